The van der Waals surface area contributed by atoms with Gasteiger partial charge in [0.1, 0.15) is 10.7 Å². The quantitative estimate of drug-likeness (QED) is 0.784. The molecule has 0 saturated carbocycles. The van der Waals surface area contributed by atoms with Crippen molar-refractivity contribution >= 4 is 28.9 Å². The highest BCUT2D eigenvalue weighted by Gasteiger charge is 2.14. The number of methoxy groups -OCH3 is 1. The number of ether oxygens (including phenoxy) is 1. The van der Waals surface area contributed by atoms with Crippen LogP contribution in [0.25, 0.3) is 11.6 Å². The summed E-state index contributed by atoms with van der Waals surface area (Å²) >= 11 is 1.08. The molecule has 7 nitrogen and oxygen atoms in total. The predicted molar refractivity (Wildman–Crippen MR) is 99.4 cm³/mol. The Hall–Kier alpha value is -3.05. The first-order valence-electron chi connectivity index (χ1n) is 7.97. The summed E-state index contributed by atoms with van der Waals surface area (Å²) in [5.41, 5.74) is 0.291. The zero-order valence-electron chi connectivity index (χ0n) is 14.7. The lowest BCUT2D eigenvalue weighted by molar-refractivity contribution is -0.115. The van der Waals surface area contributed by atoms with Gasteiger partial charge in [0.05, 0.1) is 11.6 Å². The van der Waals surface area contributed by atoms with Crippen LogP contribution in [-0.2, 0) is 11.3 Å². The van der Waals surface area contributed by atoms with E-state index in [2.05, 4.69) is 5.32 Å². The molecule has 0 aliphatic carbocycles. The van der Waals surface area contributed by atoms with Gasteiger partial charge in [-0.1, -0.05) is 6.07 Å². The predicted octanol–water partition coefficient (Wildman–Crippen LogP) is 0.283. The number of nitriles is 1. The summed E-state index contributed by atoms with van der Waals surface area (Å²) in [5.74, 6) is -0.215. The standard InChI is InChI=1S/C18H19N3O4S/c1-4-20-16(23)12(10-19)18-21(5-2)17(24)15(26-18)9-11-6-7-13(22)14(8-11)25-3/h6-9,22H,4-5H2,1-3H3,(H,20,23)/b15-9-,18-12-. The van der Waals surface area contributed by atoms with Crippen molar-refractivity contribution in [2.24, 2.45) is 0 Å². The summed E-state index contributed by atoms with van der Waals surface area (Å²) in [4.78, 5) is 24.8. The lowest BCUT2D eigenvalue weighted by atomic mass is 10.2. The monoisotopic (exact) mass is 373 g/mol. The van der Waals surface area contributed by atoms with Gasteiger partial charge >= 0.3 is 0 Å². The average molecular weight is 373 g/mol. The van der Waals surface area contributed by atoms with Crippen LogP contribution >= 0.6 is 11.3 Å². The molecule has 0 fully saturated rings. The first-order valence-corrected chi connectivity index (χ1v) is 8.79. The van der Waals surface area contributed by atoms with Crippen molar-refractivity contribution in [2.45, 2.75) is 20.4 Å². The van der Waals surface area contributed by atoms with E-state index in [9.17, 15) is 20.0 Å². The zero-order chi connectivity index (χ0) is 19.3. The third-order valence-corrected chi connectivity index (χ3v) is 4.75. The highest BCUT2D eigenvalue weighted by Crippen LogP contribution is 2.26. The molecular weight excluding hydrogens is 354 g/mol. The van der Waals surface area contributed by atoms with Crippen LogP contribution in [0.5, 0.6) is 11.5 Å². The molecule has 26 heavy (non-hydrogen) atoms. The second-order valence-electron chi connectivity index (χ2n) is 5.24. The van der Waals surface area contributed by atoms with Crippen LogP contribution in [0, 0.1) is 11.3 Å². The van der Waals surface area contributed by atoms with E-state index in [0.717, 1.165) is 11.3 Å². The fourth-order valence-electron chi connectivity index (χ4n) is 2.37. The van der Waals surface area contributed by atoms with Gasteiger partial charge < -0.3 is 15.2 Å². The highest BCUT2D eigenvalue weighted by atomic mass is 32.1. The summed E-state index contributed by atoms with van der Waals surface area (Å²) in [7, 11) is 1.44. The van der Waals surface area contributed by atoms with Crippen LogP contribution in [0.2, 0.25) is 0 Å². The number of aromatic hydroxyl groups is 1. The second-order valence-corrected chi connectivity index (χ2v) is 6.27. The van der Waals surface area contributed by atoms with E-state index >= 15 is 0 Å². The number of phenolic OH excluding ortho intramolecular Hbond substituents is 1. The van der Waals surface area contributed by atoms with Gasteiger partial charge in [-0.25, -0.2) is 0 Å². The Balaban J connectivity index is 2.74. The van der Waals surface area contributed by atoms with Crippen molar-refractivity contribution in [1.82, 2.24) is 9.88 Å². The number of hydrogen-bond acceptors (Lipinski definition) is 6. The van der Waals surface area contributed by atoms with Gasteiger partial charge in [-0.05, 0) is 37.6 Å². The van der Waals surface area contributed by atoms with Crippen molar-refractivity contribution < 1.29 is 14.6 Å². The van der Waals surface area contributed by atoms with Crippen molar-refractivity contribution in [3.05, 3.63) is 43.3 Å². The van der Waals surface area contributed by atoms with E-state index in [4.69, 9.17) is 4.74 Å². The van der Waals surface area contributed by atoms with Gasteiger partial charge in [-0.3, -0.25) is 14.2 Å². The molecule has 0 saturated heterocycles. The van der Waals surface area contributed by atoms with Crippen molar-refractivity contribution in [3.8, 4) is 17.6 Å². The molecule has 0 aliphatic heterocycles. The molecule has 1 heterocycles. The van der Waals surface area contributed by atoms with Gasteiger partial charge in [0, 0.05) is 13.1 Å². The number of carbonyl (C=O) groups is 1. The summed E-state index contributed by atoms with van der Waals surface area (Å²) in [5, 5.41) is 21.6. The van der Waals surface area contributed by atoms with Crippen LogP contribution < -0.4 is 24.8 Å². The normalized spacial score (nSPS) is 12.5. The minimum Gasteiger partial charge on any atom is -0.504 e. The fraction of sp³-hybridized carbons (Fsp3) is 0.278. The summed E-state index contributed by atoms with van der Waals surface area (Å²) in [6.07, 6.45) is 1.64. The number of amides is 1. The minimum absolute atomic E-state index is 0.00109. The largest absolute Gasteiger partial charge is 0.504 e. The number of carbonyl (C=O) groups excluding carboxylic acids is 1. The second kappa shape index (κ2) is 8.36. The topological polar surface area (TPSA) is 104 Å². The number of phenols is 1. The maximum absolute atomic E-state index is 12.7. The number of nitrogens with one attached hydrogen (secondary N) is 1. The number of hydrogen-bond donors (Lipinski definition) is 2. The molecule has 2 N–H and O–H groups in total. The van der Waals surface area contributed by atoms with E-state index in [0.29, 0.717) is 27.8 Å². The number of aromatic nitrogens is 1. The van der Waals surface area contributed by atoms with E-state index < -0.39 is 5.91 Å². The van der Waals surface area contributed by atoms with Crippen LogP contribution in [0.4, 0.5) is 0 Å². The Morgan fingerprint density at radius 2 is 2.19 bits per heavy atom. The Morgan fingerprint density at radius 3 is 2.77 bits per heavy atom. The summed E-state index contributed by atoms with van der Waals surface area (Å²) in [6, 6.07) is 6.61. The van der Waals surface area contributed by atoms with E-state index in [-0.39, 0.29) is 22.6 Å². The molecular formula is C18H19N3O4S. The number of thiazole rings is 1. The molecule has 1 aromatic heterocycles. The maximum atomic E-state index is 12.7. The Morgan fingerprint density at radius 1 is 1.46 bits per heavy atom. The van der Waals surface area contributed by atoms with E-state index in [1.54, 1.807) is 32.1 Å². The number of nitrogens with zero attached hydrogens (tertiary/aromatic N) is 2. The van der Waals surface area contributed by atoms with E-state index in [1.807, 2.05) is 6.07 Å². The Labute approximate surface area is 154 Å². The minimum atomic E-state index is -0.503. The Kier molecular flexibility index (Phi) is 6.20. The first kappa shape index (κ1) is 19.3. The zero-order valence-corrected chi connectivity index (χ0v) is 15.5. The first-order chi connectivity index (χ1) is 12.5. The van der Waals surface area contributed by atoms with Crippen LogP contribution in [0.3, 0.4) is 0 Å². The fourth-order valence-corrected chi connectivity index (χ4v) is 3.54. The van der Waals surface area contributed by atoms with Crippen molar-refractivity contribution in [2.75, 3.05) is 13.7 Å². The maximum Gasteiger partial charge on any atom is 0.269 e. The third-order valence-electron chi connectivity index (χ3n) is 3.62. The number of benzene rings is 1. The van der Waals surface area contributed by atoms with Crippen LogP contribution in [0.1, 0.15) is 19.4 Å². The van der Waals surface area contributed by atoms with Crippen LogP contribution in [-0.4, -0.2) is 29.2 Å². The average Bonchev–Trinajstić information content (AvgIpc) is 2.93. The molecule has 8 heteroatoms. The molecule has 0 radical (unpaired) electrons. The molecule has 136 valence electrons. The molecule has 1 amide bonds. The third kappa shape index (κ3) is 3.78. The molecule has 2 rings (SSSR count). The van der Waals surface area contributed by atoms with Crippen LogP contribution in [0.15, 0.2) is 23.0 Å². The van der Waals surface area contributed by atoms with Gasteiger partial charge in [0.25, 0.3) is 11.5 Å². The summed E-state index contributed by atoms with van der Waals surface area (Å²) in [6.45, 7) is 4.25. The Bertz CT molecular complexity index is 1040. The lowest BCUT2D eigenvalue weighted by Gasteiger charge is -2.03. The van der Waals surface area contributed by atoms with Gasteiger partial charge in [-0.15, -0.1) is 11.3 Å². The number of rotatable bonds is 5. The molecule has 1 aromatic carbocycles. The van der Waals surface area contributed by atoms with Crippen molar-refractivity contribution in [3.63, 3.8) is 0 Å². The van der Waals surface area contributed by atoms with Gasteiger partial charge in [0.2, 0.25) is 0 Å². The molecule has 0 atom stereocenters. The molecule has 0 spiro atoms. The summed E-state index contributed by atoms with van der Waals surface area (Å²) < 4.78 is 7.18. The highest BCUT2D eigenvalue weighted by molar-refractivity contribution is 7.07. The lowest BCUT2D eigenvalue weighted by Crippen LogP contribution is -2.34. The SMILES string of the molecule is CCNC(=O)/C(C#N)=c1\s/c(=C\c2ccc(O)c(OC)c2)c(=O)n1CC. The molecule has 2 aromatic rings. The van der Waals surface area contributed by atoms with Crippen molar-refractivity contribution in [1.29, 1.82) is 5.26 Å². The van der Waals surface area contributed by atoms with Gasteiger partial charge in [-0.2, -0.15) is 5.26 Å². The van der Waals surface area contributed by atoms with Gasteiger partial charge in [0.15, 0.2) is 17.1 Å². The smallest absolute Gasteiger partial charge is 0.269 e. The molecule has 0 aliphatic rings. The molecule has 0 bridgehead atoms. The molecule has 0 unspecified atom stereocenters. The van der Waals surface area contributed by atoms with E-state index in [1.165, 1.54) is 17.7 Å².